The Labute approximate surface area is 142 Å². The molecule has 1 atom stereocenters. The molecule has 0 spiro atoms. The van der Waals surface area contributed by atoms with Gasteiger partial charge in [0.05, 0.1) is 12.7 Å². The van der Waals surface area contributed by atoms with Gasteiger partial charge in [-0.1, -0.05) is 11.6 Å². The van der Waals surface area contributed by atoms with Gasteiger partial charge >= 0.3 is 0 Å². The number of halogens is 1. The summed E-state index contributed by atoms with van der Waals surface area (Å²) in [6, 6.07) is 5.48. The molecule has 23 heavy (non-hydrogen) atoms. The van der Waals surface area contributed by atoms with Crippen LogP contribution >= 0.6 is 11.6 Å². The standard InChI is InChI=1S/C17H25ClN2O3/c1-12-9-13(18)3-4-16(12)17(22)19-14-5-7-20(8-6-14)10-15(21)11-23-2/h3-4,9,14-15,21H,5-8,10-11H2,1-2H3,(H,19,22). The smallest absolute Gasteiger partial charge is 0.251 e. The molecule has 1 aromatic carbocycles. The number of aryl methyl sites for hydroxylation is 1. The van der Waals surface area contributed by atoms with Crippen LogP contribution in [0.5, 0.6) is 0 Å². The summed E-state index contributed by atoms with van der Waals surface area (Å²) < 4.78 is 4.94. The molecule has 0 saturated carbocycles. The van der Waals surface area contributed by atoms with Crippen molar-refractivity contribution in [2.24, 2.45) is 0 Å². The number of likely N-dealkylation sites (tertiary alicyclic amines) is 1. The number of hydrogen-bond donors (Lipinski definition) is 2. The van der Waals surface area contributed by atoms with Crippen LogP contribution in [0.4, 0.5) is 0 Å². The number of amides is 1. The SMILES string of the molecule is COCC(O)CN1CCC(NC(=O)c2ccc(Cl)cc2C)CC1. The van der Waals surface area contributed by atoms with Crippen molar-refractivity contribution in [3.8, 4) is 0 Å². The summed E-state index contributed by atoms with van der Waals surface area (Å²) >= 11 is 5.93. The lowest BCUT2D eigenvalue weighted by atomic mass is 10.0. The zero-order chi connectivity index (χ0) is 16.8. The molecule has 0 aromatic heterocycles. The third-order valence-corrected chi connectivity index (χ3v) is 4.42. The van der Waals surface area contributed by atoms with Crippen molar-refractivity contribution in [1.82, 2.24) is 10.2 Å². The molecule has 0 bridgehead atoms. The van der Waals surface area contributed by atoms with E-state index in [-0.39, 0.29) is 11.9 Å². The van der Waals surface area contributed by atoms with Crippen LogP contribution in [-0.2, 0) is 4.74 Å². The van der Waals surface area contributed by atoms with Gasteiger partial charge in [0.1, 0.15) is 0 Å². The Hall–Kier alpha value is -1.14. The highest BCUT2D eigenvalue weighted by molar-refractivity contribution is 6.30. The third-order valence-electron chi connectivity index (χ3n) is 4.18. The molecule has 2 N–H and O–H groups in total. The van der Waals surface area contributed by atoms with Gasteiger partial charge in [-0.2, -0.15) is 0 Å². The molecule has 6 heteroatoms. The lowest BCUT2D eigenvalue weighted by Gasteiger charge is -2.33. The van der Waals surface area contributed by atoms with Crippen molar-refractivity contribution in [2.75, 3.05) is 33.4 Å². The van der Waals surface area contributed by atoms with E-state index in [9.17, 15) is 9.90 Å². The number of aliphatic hydroxyl groups is 1. The Bertz CT molecular complexity index is 531. The largest absolute Gasteiger partial charge is 0.389 e. The molecule has 1 aliphatic rings. The zero-order valence-corrected chi connectivity index (χ0v) is 14.5. The Morgan fingerprint density at radius 2 is 2.17 bits per heavy atom. The Morgan fingerprint density at radius 1 is 1.48 bits per heavy atom. The predicted octanol–water partition coefficient (Wildman–Crippen LogP) is 1.85. The Balaban J connectivity index is 1.81. The molecule has 1 aliphatic heterocycles. The van der Waals surface area contributed by atoms with Gasteiger partial charge in [0, 0.05) is 43.4 Å². The van der Waals surface area contributed by atoms with Gasteiger partial charge in [0.15, 0.2) is 0 Å². The van der Waals surface area contributed by atoms with E-state index in [2.05, 4.69) is 10.2 Å². The summed E-state index contributed by atoms with van der Waals surface area (Å²) in [6.45, 7) is 4.59. The number of nitrogens with one attached hydrogen (secondary N) is 1. The fourth-order valence-electron chi connectivity index (χ4n) is 2.95. The van der Waals surface area contributed by atoms with Gasteiger partial charge in [0.2, 0.25) is 0 Å². The van der Waals surface area contributed by atoms with Crippen molar-refractivity contribution in [1.29, 1.82) is 0 Å². The summed E-state index contributed by atoms with van der Waals surface area (Å²) in [7, 11) is 1.59. The van der Waals surface area contributed by atoms with Crippen LogP contribution in [0.2, 0.25) is 5.02 Å². The van der Waals surface area contributed by atoms with Crippen LogP contribution in [0, 0.1) is 6.92 Å². The second-order valence-electron chi connectivity index (χ2n) is 6.12. The number of hydrogen-bond acceptors (Lipinski definition) is 4. The second-order valence-corrected chi connectivity index (χ2v) is 6.55. The molecule has 5 nitrogen and oxygen atoms in total. The number of β-amino-alcohol motifs (C(OH)–C–C–N with tert-alkyl or cyclic N) is 1. The normalized spacial score (nSPS) is 17.9. The number of aliphatic hydroxyl groups excluding tert-OH is 1. The van der Waals surface area contributed by atoms with Gasteiger partial charge in [-0.05, 0) is 43.5 Å². The van der Waals surface area contributed by atoms with E-state index in [4.69, 9.17) is 16.3 Å². The second kappa shape index (κ2) is 8.64. The molecule has 2 rings (SSSR count). The average Bonchev–Trinajstić information content (AvgIpc) is 2.49. The summed E-state index contributed by atoms with van der Waals surface area (Å²) in [5.41, 5.74) is 1.56. The van der Waals surface area contributed by atoms with Gasteiger partial charge in [-0.25, -0.2) is 0 Å². The molecule has 0 aliphatic carbocycles. The molecule has 0 radical (unpaired) electrons. The first kappa shape index (κ1) is 18.2. The van der Waals surface area contributed by atoms with Crippen molar-refractivity contribution in [3.63, 3.8) is 0 Å². The highest BCUT2D eigenvalue weighted by atomic mass is 35.5. The number of methoxy groups -OCH3 is 1. The van der Waals surface area contributed by atoms with E-state index in [0.717, 1.165) is 31.5 Å². The van der Waals surface area contributed by atoms with E-state index in [1.54, 1.807) is 25.3 Å². The Morgan fingerprint density at radius 3 is 2.78 bits per heavy atom. The lowest BCUT2D eigenvalue weighted by Crippen LogP contribution is -2.47. The summed E-state index contributed by atoms with van der Waals surface area (Å²) in [5, 5.41) is 13.5. The fraction of sp³-hybridized carbons (Fsp3) is 0.588. The van der Waals surface area contributed by atoms with Crippen molar-refractivity contribution in [2.45, 2.75) is 31.9 Å². The summed E-state index contributed by atoms with van der Waals surface area (Å²) in [6.07, 6.45) is 1.32. The minimum absolute atomic E-state index is 0.0444. The maximum absolute atomic E-state index is 12.4. The van der Waals surface area contributed by atoms with Crippen molar-refractivity contribution in [3.05, 3.63) is 34.3 Å². The maximum Gasteiger partial charge on any atom is 0.251 e. The molecule has 128 valence electrons. The highest BCUT2D eigenvalue weighted by Gasteiger charge is 2.23. The van der Waals surface area contributed by atoms with Crippen LogP contribution in [-0.4, -0.2) is 61.4 Å². The number of ether oxygens (including phenoxy) is 1. The average molecular weight is 341 g/mol. The minimum atomic E-state index is -0.456. The monoisotopic (exact) mass is 340 g/mol. The van der Waals surface area contributed by atoms with Gasteiger partial charge in [-0.15, -0.1) is 0 Å². The fourth-order valence-corrected chi connectivity index (χ4v) is 3.17. The molecule has 1 heterocycles. The lowest BCUT2D eigenvalue weighted by molar-refractivity contribution is 0.0309. The first-order valence-corrected chi connectivity index (χ1v) is 8.33. The quantitative estimate of drug-likeness (QED) is 0.829. The van der Waals surface area contributed by atoms with Crippen molar-refractivity contribution >= 4 is 17.5 Å². The molecule has 1 amide bonds. The van der Waals surface area contributed by atoms with Gasteiger partial charge < -0.3 is 20.1 Å². The number of piperidine rings is 1. The maximum atomic E-state index is 12.4. The number of benzene rings is 1. The van der Waals surface area contributed by atoms with Crippen LogP contribution in [0.3, 0.4) is 0 Å². The van der Waals surface area contributed by atoms with Crippen LogP contribution in [0.1, 0.15) is 28.8 Å². The third kappa shape index (κ3) is 5.46. The predicted molar refractivity (Wildman–Crippen MR) is 91.0 cm³/mol. The number of carbonyl (C=O) groups is 1. The van der Waals surface area contributed by atoms with Crippen LogP contribution in [0.15, 0.2) is 18.2 Å². The topological polar surface area (TPSA) is 61.8 Å². The summed E-state index contributed by atoms with van der Waals surface area (Å²) in [4.78, 5) is 14.6. The number of carbonyl (C=O) groups excluding carboxylic acids is 1. The van der Waals surface area contributed by atoms with E-state index in [1.807, 2.05) is 6.92 Å². The molecule has 1 fully saturated rings. The molecule has 1 saturated heterocycles. The van der Waals surface area contributed by atoms with Crippen LogP contribution < -0.4 is 5.32 Å². The number of rotatable bonds is 6. The minimum Gasteiger partial charge on any atom is -0.389 e. The van der Waals surface area contributed by atoms with E-state index >= 15 is 0 Å². The summed E-state index contributed by atoms with van der Waals surface area (Å²) in [5.74, 6) is -0.0444. The Kier molecular flexibility index (Phi) is 6.84. The van der Waals surface area contributed by atoms with E-state index in [1.165, 1.54) is 0 Å². The molecule has 1 aromatic rings. The molecular formula is C17H25ClN2O3. The van der Waals surface area contributed by atoms with Gasteiger partial charge in [0.25, 0.3) is 5.91 Å². The van der Waals surface area contributed by atoms with Gasteiger partial charge in [-0.3, -0.25) is 4.79 Å². The zero-order valence-electron chi connectivity index (χ0n) is 13.7. The molecular weight excluding hydrogens is 316 g/mol. The highest BCUT2D eigenvalue weighted by Crippen LogP contribution is 2.17. The number of nitrogens with zero attached hydrogens (tertiary/aromatic N) is 1. The first-order valence-electron chi connectivity index (χ1n) is 7.96. The van der Waals surface area contributed by atoms with E-state index in [0.29, 0.717) is 23.7 Å². The molecule has 1 unspecified atom stereocenters. The first-order chi connectivity index (χ1) is 11.0. The van der Waals surface area contributed by atoms with Crippen molar-refractivity contribution < 1.29 is 14.6 Å². The van der Waals surface area contributed by atoms with Crippen LogP contribution in [0.25, 0.3) is 0 Å². The van der Waals surface area contributed by atoms with E-state index < -0.39 is 6.10 Å².